The number of aliphatic carboxylic acids is 1. The topological polar surface area (TPSA) is 72.9 Å². The van der Waals surface area contributed by atoms with Gasteiger partial charge in [0.2, 0.25) is 0 Å². The SMILES string of the molecule is CC1CN(C)CCN1C(=O)NC1(C(=O)O)CCCCC1. The van der Waals surface area contributed by atoms with Crippen molar-refractivity contribution in [1.29, 1.82) is 0 Å². The van der Waals surface area contributed by atoms with Gasteiger partial charge in [0.25, 0.3) is 0 Å². The van der Waals surface area contributed by atoms with Crippen LogP contribution >= 0.6 is 0 Å². The second-order valence-electron chi connectivity index (χ2n) is 6.18. The Hall–Kier alpha value is -1.30. The van der Waals surface area contributed by atoms with E-state index in [2.05, 4.69) is 10.2 Å². The summed E-state index contributed by atoms with van der Waals surface area (Å²) in [5, 5.41) is 12.3. The quantitative estimate of drug-likeness (QED) is 0.796. The zero-order valence-corrected chi connectivity index (χ0v) is 12.4. The van der Waals surface area contributed by atoms with Crippen molar-refractivity contribution in [3.05, 3.63) is 0 Å². The molecule has 0 radical (unpaired) electrons. The van der Waals surface area contributed by atoms with Gasteiger partial charge in [-0.1, -0.05) is 19.3 Å². The number of piperazine rings is 1. The average molecular weight is 283 g/mol. The van der Waals surface area contributed by atoms with Crippen LogP contribution in [0.25, 0.3) is 0 Å². The smallest absolute Gasteiger partial charge is 0.329 e. The summed E-state index contributed by atoms with van der Waals surface area (Å²) >= 11 is 0. The Balaban J connectivity index is 2.03. The summed E-state index contributed by atoms with van der Waals surface area (Å²) in [5.41, 5.74) is -1.06. The molecule has 0 aromatic carbocycles. The minimum atomic E-state index is -1.06. The van der Waals surface area contributed by atoms with Crippen LogP contribution in [0.1, 0.15) is 39.0 Å². The van der Waals surface area contributed by atoms with Crippen molar-refractivity contribution in [2.45, 2.75) is 50.6 Å². The second-order valence-corrected chi connectivity index (χ2v) is 6.18. The summed E-state index contributed by atoms with van der Waals surface area (Å²) in [6.07, 6.45) is 3.86. The van der Waals surface area contributed by atoms with E-state index in [1.54, 1.807) is 4.90 Å². The molecule has 20 heavy (non-hydrogen) atoms. The Kier molecular flexibility index (Phi) is 4.52. The van der Waals surface area contributed by atoms with Gasteiger partial charge in [0, 0.05) is 25.7 Å². The van der Waals surface area contributed by atoms with E-state index < -0.39 is 11.5 Å². The molecule has 1 saturated carbocycles. The summed E-state index contributed by atoms with van der Waals surface area (Å²) in [5.74, 6) is -0.896. The molecule has 114 valence electrons. The monoisotopic (exact) mass is 283 g/mol. The molecule has 0 aromatic rings. The fraction of sp³-hybridized carbons (Fsp3) is 0.857. The molecule has 2 N–H and O–H groups in total. The maximum absolute atomic E-state index is 12.4. The van der Waals surface area contributed by atoms with Crippen LogP contribution in [-0.2, 0) is 4.79 Å². The lowest BCUT2D eigenvalue weighted by Crippen LogP contribution is -2.62. The van der Waals surface area contributed by atoms with Crippen LogP contribution in [-0.4, -0.2) is 65.2 Å². The maximum Gasteiger partial charge on any atom is 0.329 e. The van der Waals surface area contributed by atoms with Crippen molar-refractivity contribution >= 4 is 12.0 Å². The molecule has 1 atom stereocenters. The molecule has 0 aromatic heterocycles. The molecule has 2 amide bonds. The third kappa shape index (κ3) is 3.06. The molecule has 2 aliphatic rings. The van der Waals surface area contributed by atoms with Gasteiger partial charge in [-0.3, -0.25) is 0 Å². The Morgan fingerprint density at radius 2 is 1.85 bits per heavy atom. The van der Waals surface area contributed by atoms with Gasteiger partial charge >= 0.3 is 12.0 Å². The van der Waals surface area contributed by atoms with Crippen molar-refractivity contribution in [2.75, 3.05) is 26.7 Å². The van der Waals surface area contributed by atoms with Gasteiger partial charge in [-0.15, -0.1) is 0 Å². The first kappa shape index (κ1) is 15.1. The third-order valence-corrected chi connectivity index (χ3v) is 4.55. The molecule has 0 bridgehead atoms. The summed E-state index contributed by atoms with van der Waals surface area (Å²) in [4.78, 5) is 28.0. The molecule has 1 aliphatic carbocycles. The van der Waals surface area contributed by atoms with Crippen LogP contribution in [0.15, 0.2) is 0 Å². The second kappa shape index (κ2) is 5.99. The molecule has 2 fully saturated rings. The van der Waals surface area contributed by atoms with Crippen molar-refractivity contribution in [1.82, 2.24) is 15.1 Å². The molecule has 6 heteroatoms. The number of urea groups is 1. The van der Waals surface area contributed by atoms with Gasteiger partial charge in [-0.05, 0) is 26.8 Å². The predicted octanol–water partition coefficient (Wildman–Crippen LogP) is 1.12. The Morgan fingerprint density at radius 1 is 1.20 bits per heavy atom. The van der Waals surface area contributed by atoms with E-state index in [0.717, 1.165) is 32.4 Å². The average Bonchev–Trinajstić information content (AvgIpc) is 2.39. The lowest BCUT2D eigenvalue weighted by Gasteiger charge is -2.41. The molecule has 1 unspecified atom stereocenters. The van der Waals surface area contributed by atoms with E-state index in [1.165, 1.54) is 0 Å². The Bertz CT molecular complexity index is 380. The first-order chi connectivity index (χ1) is 9.44. The highest BCUT2D eigenvalue weighted by molar-refractivity contribution is 5.86. The maximum atomic E-state index is 12.4. The fourth-order valence-corrected chi connectivity index (χ4v) is 3.27. The van der Waals surface area contributed by atoms with Gasteiger partial charge in [-0.2, -0.15) is 0 Å². The van der Waals surface area contributed by atoms with Crippen LogP contribution in [0.4, 0.5) is 4.79 Å². The number of amides is 2. The minimum Gasteiger partial charge on any atom is -0.480 e. The van der Waals surface area contributed by atoms with Crippen LogP contribution in [0.5, 0.6) is 0 Å². The summed E-state index contributed by atoms with van der Waals surface area (Å²) < 4.78 is 0. The van der Waals surface area contributed by atoms with E-state index in [4.69, 9.17) is 0 Å². The molecule has 1 aliphatic heterocycles. The lowest BCUT2D eigenvalue weighted by molar-refractivity contribution is -0.146. The summed E-state index contributed by atoms with van der Waals surface area (Å²) in [6.45, 7) is 4.31. The molecule has 0 spiro atoms. The number of hydrogen-bond acceptors (Lipinski definition) is 3. The normalized spacial score (nSPS) is 27.1. The number of carboxylic acids is 1. The molecule has 2 rings (SSSR count). The van der Waals surface area contributed by atoms with Gasteiger partial charge in [0.1, 0.15) is 5.54 Å². The van der Waals surface area contributed by atoms with Gasteiger partial charge in [0.15, 0.2) is 0 Å². The van der Waals surface area contributed by atoms with E-state index in [0.29, 0.717) is 19.4 Å². The Labute approximate surface area is 120 Å². The largest absolute Gasteiger partial charge is 0.480 e. The molecular formula is C14H25N3O3. The van der Waals surface area contributed by atoms with Crippen molar-refractivity contribution in [3.8, 4) is 0 Å². The first-order valence-electron chi connectivity index (χ1n) is 7.45. The zero-order chi connectivity index (χ0) is 14.8. The number of rotatable bonds is 2. The highest BCUT2D eigenvalue weighted by atomic mass is 16.4. The van der Waals surface area contributed by atoms with Gasteiger partial charge in [0.05, 0.1) is 0 Å². The van der Waals surface area contributed by atoms with E-state index >= 15 is 0 Å². The number of carbonyl (C=O) groups excluding carboxylic acids is 1. The highest BCUT2D eigenvalue weighted by Gasteiger charge is 2.42. The lowest BCUT2D eigenvalue weighted by atomic mass is 9.82. The zero-order valence-electron chi connectivity index (χ0n) is 12.4. The number of likely N-dealkylation sites (N-methyl/N-ethyl adjacent to an activating group) is 1. The van der Waals surface area contributed by atoms with Gasteiger partial charge < -0.3 is 20.2 Å². The van der Waals surface area contributed by atoms with E-state index in [-0.39, 0.29) is 12.1 Å². The number of nitrogens with zero attached hydrogens (tertiary/aromatic N) is 2. The Morgan fingerprint density at radius 3 is 2.40 bits per heavy atom. The van der Waals surface area contributed by atoms with Crippen LogP contribution in [0, 0.1) is 0 Å². The van der Waals surface area contributed by atoms with Crippen molar-refractivity contribution in [3.63, 3.8) is 0 Å². The molecular weight excluding hydrogens is 258 g/mol. The van der Waals surface area contributed by atoms with Crippen molar-refractivity contribution in [2.24, 2.45) is 0 Å². The highest BCUT2D eigenvalue weighted by Crippen LogP contribution is 2.29. The van der Waals surface area contributed by atoms with Gasteiger partial charge in [-0.25, -0.2) is 9.59 Å². The standard InChI is InChI=1S/C14H25N3O3/c1-11-10-16(2)8-9-17(11)13(20)15-14(12(18)19)6-4-3-5-7-14/h11H,3-10H2,1-2H3,(H,15,20)(H,18,19). The molecule has 6 nitrogen and oxygen atoms in total. The number of carboxylic acid groups (broad SMARTS) is 1. The van der Waals surface area contributed by atoms with E-state index in [1.807, 2.05) is 14.0 Å². The number of carbonyl (C=O) groups is 2. The van der Waals surface area contributed by atoms with Crippen LogP contribution < -0.4 is 5.32 Å². The third-order valence-electron chi connectivity index (χ3n) is 4.55. The summed E-state index contributed by atoms with van der Waals surface area (Å²) in [7, 11) is 2.03. The summed E-state index contributed by atoms with van der Waals surface area (Å²) in [6, 6.07) is -0.113. The number of nitrogens with one attached hydrogen (secondary N) is 1. The van der Waals surface area contributed by atoms with Crippen LogP contribution in [0.3, 0.4) is 0 Å². The predicted molar refractivity (Wildman–Crippen MR) is 75.6 cm³/mol. The van der Waals surface area contributed by atoms with Crippen molar-refractivity contribution < 1.29 is 14.7 Å². The first-order valence-corrected chi connectivity index (χ1v) is 7.45. The van der Waals surface area contributed by atoms with E-state index in [9.17, 15) is 14.7 Å². The minimum absolute atomic E-state index is 0.114. The number of hydrogen-bond donors (Lipinski definition) is 2. The van der Waals surface area contributed by atoms with Crippen LogP contribution in [0.2, 0.25) is 0 Å². The molecule has 1 heterocycles. The fourth-order valence-electron chi connectivity index (χ4n) is 3.27. The molecule has 1 saturated heterocycles.